The highest BCUT2D eigenvalue weighted by Gasteiger charge is 2.30. The first-order valence-electron chi connectivity index (χ1n) is 10.2. The summed E-state index contributed by atoms with van der Waals surface area (Å²) in [4.78, 5) is 6.89. The fourth-order valence-corrected chi connectivity index (χ4v) is 4.34. The number of ether oxygens (including phenoxy) is 2. The Balaban J connectivity index is 1.63. The highest BCUT2D eigenvalue weighted by Crippen LogP contribution is 2.35. The van der Waals surface area contributed by atoms with Crippen LogP contribution in [0, 0.1) is 5.92 Å². The van der Waals surface area contributed by atoms with Gasteiger partial charge in [0.2, 0.25) is 0 Å². The number of aliphatic imine (C=N–C) groups is 1. The molecule has 7 heteroatoms. The average Bonchev–Trinajstić information content (AvgIpc) is 2.76. The first-order chi connectivity index (χ1) is 14.5. The molecule has 0 radical (unpaired) electrons. The van der Waals surface area contributed by atoms with Crippen molar-refractivity contribution >= 4 is 17.6 Å². The Morgan fingerprint density at radius 1 is 1.20 bits per heavy atom. The Labute approximate surface area is 184 Å². The van der Waals surface area contributed by atoms with Crippen molar-refractivity contribution in [2.45, 2.75) is 25.4 Å². The van der Waals surface area contributed by atoms with E-state index in [0.717, 1.165) is 30.1 Å². The molecule has 1 fully saturated rings. The molecule has 0 spiro atoms. The molecule has 1 heterocycles. The number of nitrogens with zero attached hydrogens (tertiary/aromatic N) is 2. The molecular weight excluding hydrogens is 400 g/mol. The summed E-state index contributed by atoms with van der Waals surface area (Å²) in [5.74, 6) is 2.26. The van der Waals surface area contributed by atoms with E-state index >= 15 is 0 Å². The molecule has 162 valence electrons. The maximum absolute atomic E-state index is 6.24. The minimum atomic E-state index is 0.309. The third-order valence-electron chi connectivity index (χ3n) is 5.62. The third kappa shape index (κ3) is 5.58. The van der Waals surface area contributed by atoms with Gasteiger partial charge in [-0.3, -0.25) is 4.90 Å². The largest absolute Gasteiger partial charge is 0.493 e. The third-order valence-corrected chi connectivity index (χ3v) is 5.86. The van der Waals surface area contributed by atoms with Gasteiger partial charge >= 0.3 is 0 Å². The van der Waals surface area contributed by atoms with E-state index in [1.807, 2.05) is 30.3 Å². The van der Waals surface area contributed by atoms with E-state index in [2.05, 4.69) is 34.4 Å². The Morgan fingerprint density at radius 3 is 2.73 bits per heavy atom. The summed E-state index contributed by atoms with van der Waals surface area (Å²) in [6.07, 6.45) is 2.31. The molecule has 0 bridgehead atoms. The number of methoxy groups -OCH3 is 2. The van der Waals surface area contributed by atoms with Crippen LogP contribution in [0.15, 0.2) is 47.5 Å². The topological polar surface area (TPSA) is 72.1 Å². The van der Waals surface area contributed by atoms with Crippen LogP contribution in [-0.4, -0.2) is 45.2 Å². The Kier molecular flexibility index (Phi) is 7.82. The first-order valence-corrected chi connectivity index (χ1v) is 10.6. The molecule has 2 aromatic rings. The van der Waals surface area contributed by atoms with Gasteiger partial charge < -0.3 is 20.5 Å². The Bertz CT molecular complexity index is 874. The van der Waals surface area contributed by atoms with Gasteiger partial charge in [0, 0.05) is 17.6 Å². The Morgan fingerprint density at radius 2 is 2.00 bits per heavy atom. The molecule has 2 atom stereocenters. The second-order valence-corrected chi connectivity index (χ2v) is 8.09. The van der Waals surface area contributed by atoms with E-state index in [4.69, 9.17) is 26.8 Å². The molecule has 1 aliphatic rings. The molecule has 2 unspecified atom stereocenters. The van der Waals surface area contributed by atoms with Gasteiger partial charge in [-0.25, -0.2) is 4.99 Å². The quantitative estimate of drug-likeness (QED) is 0.515. The highest BCUT2D eigenvalue weighted by atomic mass is 35.5. The number of nitrogens with one attached hydrogen (secondary N) is 1. The van der Waals surface area contributed by atoms with E-state index in [1.54, 1.807) is 14.2 Å². The second kappa shape index (κ2) is 10.5. The smallest absolute Gasteiger partial charge is 0.188 e. The van der Waals surface area contributed by atoms with Gasteiger partial charge in [0.05, 0.1) is 20.8 Å². The molecular formula is C23H31ClN4O2. The standard InChI is InChI=1S/C23H31ClN4O2/c1-28-11-5-7-18(22(28)17-6-4-8-19(24)13-17)15-27-23(25)26-14-16-9-10-20(29-2)21(12-16)30-3/h4,6,8-10,12-13,18,22H,5,7,11,14-15H2,1-3H3,(H3,25,26,27). The average molecular weight is 431 g/mol. The summed E-state index contributed by atoms with van der Waals surface area (Å²) in [7, 11) is 5.42. The van der Waals surface area contributed by atoms with Crippen LogP contribution in [-0.2, 0) is 6.54 Å². The van der Waals surface area contributed by atoms with Gasteiger partial charge in [0.25, 0.3) is 0 Å². The summed E-state index contributed by atoms with van der Waals surface area (Å²) in [5, 5.41) is 4.09. The lowest BCUT2D eigenvalue weighted by molar-refractivity contribution is 0.122. The number of hydrogen-bond donors (Lipinski definition) is 2. The van der Waals surface area contributed by atoms with Gasteiger partial charge in [0.15, 0.2) is 17.5 Å². The van der Waals surface area contributed by atoms with Gasteiger partial charge in [-0.05, 0) is 67.7 Å². The van der Waals surface area contributed by atoms with Crippen molar-refractivity contribution in [3.8, 4) is 11.5 Å². The van der Waals surface area contributed by atoms with Crippen molar-refractivity contribution < 1.29 is 9.47 Å². The summed E-state index contributed by atoms with van der Waals surface area (Å²) in [5.41, 5.74) is 8.41. The van der Waals surface area contributed by atoms with E-state index in [9.17, 15) is 0 Å². The molecule has 1 aliphatic heterocycles. The van der Waals surface area contributed by atoms with Crippen molar-refractivity contribution in [1.29, 1.82) is 0 Å². The van der Waals surface area contributed by atoms with Gasteiger partial charge in [-0.15, -0.1) is 0 Å². The lowest BCUT2D eigenvalue weighted by Crippen LogP contribution is -2.43. The number of piperidine rings is 1. The van der Waals surface area contributed by atoms with Crippen molar-refractivity contribution in [3.05, 3.63) is 58.6 Å². The summed E-state index contributed by atoms with van der Waals surface area (Å²) in [6, 6.07) is 14.2. The van der Waals surface area contributed by atoms with Crippen LogP contribution in [0.4, 0.5) is 0 Å². The number of guanidine groups is 1. The number of rotatable bonds is 7. The minimum Gasteiger partial charge on any atom is -0.493 e. The predicted molar refractivity (Wildman–Crippen MR) is 122 cm³/mol. The van der Waals surface area contributed by atoms with E-state index in [0.29, 0.717) is 36.0 Å². The normalized spacial score (nSPS) is 20.1. The molecule has 0 saturated carbocycles. The summed E-state index contributed by atoms with van der Waals surface area (Å²) < 4.78 is 10.6. The zero-order valence-corrected chi connectivity index (χ0v) is 18.7. The first kappa shape index (κ1) is 22.2. The monoisotopic (exact) mass is 430 g/mol. The van der Waals surface area contributed by atoms with E-state index in [-0.39, 0.29) is 0 Å². The van der Waals surface area contributed by atoms with Crippen molar-refractivity contribution in [2.75, 3.05) is 34.4 Å². The molecule has 1 saturated heterocycles. The number of halogens is 1. The van der Waals surface area contributed by atoms with Crippen molar-refractivity contribution in [2.24, 2.45) is 16.6 Å². The zero-order valence-electron chi connectivity index (χ0n) is 17.9. The van der Waals surface area contributed by atoms with Crippen LogP contribution in [0.5, 0.6) is 11.5 Å². The van der Waals surface area contributed by atoms with Gasteiger partial charge in [0.1, 0.15) is 0 Å². The fourth-order valence-electron chi connectivity index (χ4n) is 4.14. The molecule has 3 N–H and O–H groups in total. The van der Waals surface area contributed by atoms with Crippen molar-refractivity contribution in [1.82, 2.24) is 10.2 Å². The number of likely N-dealkylation sites (tertiary alicyclic amines) is 1. The van der Waals surface area contributed by atoms with Crippen LogP contribution >= 0.6 is 11.6 Å². The van der Waals surface area contributed by atoms with Crippen LogP contribution < -0.4 is 20.5 Å². The van der Waals surface area contributed by atoms with Crippen LogP contribution in [0.1, 0.15) is 30.0 Å². The van der Waals surface area contributed by atoms with Gasteiger partial charge in [-0.1, -0.05) is 29.8 Å². The Hall–Kier alpha value is -2.44. The van der Waals surface area contributed by atoms with Crippen molar-refractivity contribution in [3.63, 3.8) is 0 Å². The zero-order chi connectivity index (χ0) is 21.5. The number of nitrogens with two attached hydrogens (primary N) is 1. The van der Waals surface area contributed by atoms with E-state index < -0.39 is 0 Å². The maximum atomic E-state index is 6.24. The molecule has 30 heavy (non-hydrogen) atoms. The molecule has 0 amide bonds. The SMILES string of the molecule is COc1ccc(CN=C(N)NCC2CCCN(C)C2c2cccc(Cl)c2)cc1OC. The summed E-state index contributed by atoms with van der Waals surface area (Å²) in [6.45, 7) is 2.32. The van der Waals surface area contributed by atoms with Crippen LogP contribution in [0.2, 0.25) is 5.02 Å². The molecule has 2 aromatic carbocycles. The lowest BCUT2D eigenvalue weighted by Gasteiger charge is -2.39. The fraction of sp³-hybridized carbons (Fsp3) is 0.435. The maximum Gasteiger partial charge on any atom is 0.188 e. The molecule has 0 aliphatic carbocycles. The number of hydrogen-bond acceptors (Lipinski definition) is 4. The highest BCUT2D eigenvalue weighted by molar-refractivity contribution is 6.30. The predicted octanol–water partition coefficient (Wildman–Crippen LogP) is 3.84. The molecule has 3 rings (SSSR count). The van der Waals surface area contributed by atoms with Crippen LogP contribution in [0.25, 0.3) is 0 Å². The lowest BCUT2D eigenvalue weighted by atomic mass is 9.85. The van der Waals surface area contributed by atoms with Gasteiger partial charge in [-0.2, -0.15) is 0 Å². The summed E-state index contributed by atoms with van der Waals surface area (Å²) >= 11 is 6.24. The van der Waals surface area contributed by atoms with E-state index in [1.165, 1.54) is 12.0 Å². The van der Waals surface area contributed by atoms with Crippen LogP contribution in [0.3, 0.4) is 0 Å². The molecule has 0 aromatic heterocycles. The number of benzene rings is 2. The second-order valence-electron chi connectivity index (χ2n) is 7.65. The minimum absolute atomic E-state index is 0.309. The molecule has 6 nitrogen and oxygen atoms in total.